The third-order valence-electron chi connectivity index (χ3n) is 4.85. The molecule has 2 aromatic rings. The summed E-state index contributed by atoms with van der Waals surface area (Å²) in [6, 6.07) is 12.1. The molecule has 0 saturated carbocycles. The monoisotopic (exact) mass is 376 g/mol. The van der Waals surface area contributed by atoms with Gasteiger partial charge in [0, 0.05) is 19.6 Å². The molecule has 0 aromatic heterocycles. The molecule has 4 rings (SSSR count). The van der Waals surface area contributed by atoms with Crippen LogP contribution in [-0.2, 0) is 33.6 Å². The Morgan fingerprint density at radius 1 is 0.962 bits per heavy atom. The van der Waals surface area contributed by atoms with Crippen LogP contribution in [0.5, 0.6) is 0 Å². The first-order chi connectivity index (χ1) is 12.5. The summed E-state index contributed by atoms with van der Waals surface area (Å²) >= 11 is 0. The molecule has 2 heterocycles. The second-order valence-electron chi connectivity index (χ2n) is 6.74. The quantitative estimate of drug-likeness (QED) is 0.823. The van der Waals surface area contributed by atoms with Gasteiger partial charge in [-0.3, -0.25) is 9.21 Å². The van der Waals surface area contributed by atoms with Crippen molar-refractivity contribution < 1.29 is 17.5 Å². The summed E-state index contributed by atoms with van der Waals surface area (Å²) in [5.41, 5.74) is 3.17. The standard InChI is InChI=1S/C19H21FN2O3S/c20-18-6-5-17-14-26(23,24)22(19(17)11-18)13-16-3-1-15(2-4-16)12-21-7-9-25-10-8-21/h1-6,11H,7-10,12-14H2. The number of ether oxygens (including phenoxy) is 1. The lowest BCUT2D eigenvalue weighted by Gasteiger charge is -2.26. The van der Waals surface area contributed by atoms with Crippen LogP contribution >= 0.6 is 0 Å². The first-order valence-electron chi connectivity index (χ1n) is 8.68. The van der Waals surface area contributed by atoms with Crippen LogP contribution in [0, 0.1) is 5.82 Å². The smallest absolute Gasteiger partial charge is 0.239 e. The van der Waals surface area contributed by atoms with E-state index < -0.39 is 15.8 Å². The van der Waals surface area contributed by atoms with Gasteiger partial charge in [-0.2, -0.15) is 0 Å². The molecule has 0 aliphatic carbocycles. The Kier molecular flexibility index (Phi) is 4.69. The Labute approximate surface area is 153 Å². The molecular weight excluding hydrogens is 355 g/mol. The molecule has 0 amide bonds. The number of fused-ring (bicyclic) bond motifs is 1. The van der Waals surface area contributed by atoms with Crippen LogP contribution in [0.25, 0.3) is 0 Å². The maximum absolute atomic E-state index is 13.6. The molecule has 2 aliphatic heterocycles. The number of hydrogen-bond donors (Lipinski definition) is 0. The van der Waals surface area contributed by atoms with Gasteiger partial charge in [-0.25, -0.2) is 12.8 Å². The van der Waals surface area contributed by atoms with E-state index in [0.29, 0.717) is 11.3 Å². The summed E-state index contributed by atoms with van der Waals surface area (Å²) in [6.07, 6.45) is 0. The number of benzene rings is 2. The van der Waals surface area contributed by atoms with E-state index in [1.54, 1.807) is 6.07 Å². The molecule has 0 unspecified atom stereocenters. The van der Waals surface area contributed by atoms with E-state index in [4.69, 9.17) is 4.74 Å². The third-order valence-corrected chi connectivity index (χ3v) is 6.52. The zero-order valence-corrected chi connectivity index (χ0v) is 15.2. The van der Waals surface area contributed by atoms with Crippen LogP contribution < -0.4 is 4.31 Å². The van der Waals surface area contributed by atoms with Gasteiger partial charge in [0.1, 0.15) is 5.82 Å². The molecular formula is C19H21FN2O3S. The molecule has 0 N–H and O–H groups in total. The number of nitrogens with zero attached hydrogens (tertiary/aromatic N) is 2. The highest BCUT2D eigenvalue weighted by Gasteiger charge is 2.33. The average molecular weight is 376 g/mol. The minimum atomic E-state index is -3.45. The Balaban J connectivity index is 1.49. The van der Waals surface area contributed by atoms with Crippen molar-refractivity contribution in [1.82, 2.24) is 4.90 Å². The van der Waals surface area contributed by atoms with Gasteiger partial charge < -0.3 is 4.74 Å². The summed E-state index contributed by atoms with van der Waals surface area (Å²) in [4.78, 5) is 2.34. The summed E-state index contributed by atoms with van der Waals surface area (Å²) in [5, 5.41) is 0. The molecule has 0 spiro atoms. The summed E-state index contributed by atoms with van der Waals surface area (Å²) in [7, 11) is -3.45. The highest BCUT2D eigenvalue weighted by Crippen LogP contribution is 2.35. The molecule has 2 aliphatic rings. The van der Waals surface area contributed by atoms with Crippen LogP contribution in [0.3, 0.4) is 0 Å². The molecule has 7 heteroatoms. The normalized spacial score (nSPS) is 19.5. The highest BCUT2D eigenvalue weighted by molar-refractivity contribution is 7.92. The van der Waals surface area contributed by atoms with E-state index in [0.717, 1.165) is 38.4 Å². The van der Waals surface area contributed by atoms with E-state index in [9.17, 15) is 12.8 Å². The zero-order chi connectivity index (χ0) is 18.1. The molecule has 1 fully saturated rings. The van der Waals surface area contributed by atoms with Crippen molar-refractivity contribution in [2.75, 3.05) is 30.6 Å². The second-order valence-corrected chi connectivity index (χ2v) is 8.63. The predicted octanol–water partition coefficient (Wildman–Crippen LogP) is 2.51. The molecule has 0 bridgehead atoms. The van der Waals surface area contributed by atoms with Crippen LogP contribution in [-0.4, -0.2) is 39.6 Å². The topological polar surface area (TPSA) is 49.9 Å². The van der Waals surface area contributed by atoms with Crippen molar-refractivity contribution >= 4 is 15.7 Å². The van der Waals surface area contributed by atoms with Gasteiger partial charge >= 0.3 is 0 Å². The van der Waals surface area contributed by atoms with E-state index >= 15 is 0 Å². The van der Waals surface area contributed by atoms with E-state index in [1.165, 1.54) is 22.0 Å². The molecule has 1 saturated heterocycles. The van der Waals surface area contributed by atoms with Gasteiger partial charge in [-0.1, -0.05) is 30.3 Å². The summed E-state index contributed by atoms with van der Waals surface area (Å²) in [6.45, 7) is 4.46. The van der Waals surface area contributed by atoms with Crippen LogP contribution in [0.1, 0.15) is 16.7 Å². The van der Waals surface area contributed by atoms with Crippen LogP contribution in [0.4, 0.5) is 10.1 Å². The fraction of sp³-hybridized carbons (Fsp3) is 0.368. The van der Waals surface area contributed by atoms with Crippen molar-refractivity contribution in [2.45, 2.75) is 18.8 Å². The van der Waals surface area contributed by atoms with Crippen molar-refractivity contribution in [1.29, 1.82) is 0 Å². The van der Waals surface area contributed by atoms with Crippen LogP contribution in [0.2, 0.25) is 0 Å². The maximum Gasteiger partial charge on any atom is 0.239 e. The van der Waals surface area contributed by atoms with Gasteiger partial charge in [-0.05, 0) is 28.8 Å². The molecule has 0 radical (unpaired) electrons. The van der Waals surface area contributed by atoms with Gasteiger partial charge in [0.05, 0.1) is 31.2 Å². The Morgan fingerprint density at radius 3 is 2.31 bits per heavy atom. The molecule has 0 atom stereocenters. The summed E-state index contributed by atoms with van der Waals surface area (Å²) < 4.78 is 45.1. The number of hydrogen-bond acceptors (Lipinski definition) is 4. The number of morpholine rings is 1. The Morgan fingerprint density at radius 2 is 1.62 bits per heavy atom. The second kappa shape index (κ2) is 6.98. The maximum atomic E-state index is 13.6. The van der Waals surface area contributed by atoms with Gasteiger partial charge in [0.2, 0.25) is 10.0 Å². The SMILES string of the molecule is O=S1(=O)Cc2ccc(F)cc2N1Cc1ccc(CN2CCOCC2)cc1. The number of rotatable bonds is 4. The number of anilines is 1. The van der Waals surface area contributed by atoms with E-state index in [-0.39, 0.29) is 12.3 Å². The lowest BCUT2D eigenvalue weighted by molar-refractivity contribution is 0.0342. The molecule has 2 aromatic carbocycles. The minimum Gasteiger partial charge on any atom is -0.379 e. The largest absolute Gasteiger partial charge is 0.379 e. The first kappa shape index (κ1) is 17.5. The first-order valence-corrected chi connectivity index (χ1v) is 10.3. The Bertz CT molecular complexity index is 894. The molecule has 26 heavy (non-hydrogen) atoms. The Hall–Kier alpha value is -1.96. The lowest BCUT2D eigenvalue weighted by Crippen LogP contribution is -2.35. The third kappa shape index (κ3) is 3.60. The van der Waals surface area contributed by atoms with Crippen molar-refractivity contribution in [3.8, 4) is 0 Å². The van der Waals surface area contributed by atoms with Gasteiger partial charge in [0.25, 0.3) is 0 Å². The van der Waals surface area contributed by atoms with E-state index in [2.05, 4.69) is 4.90 Å². The van der Waals surface area contributed by atoms with Gasteiger partial charge in [-0.15, -0.1) is 0 Å². The fourth-order valence-corrected chi connectivity index (χ4v) is 5.04. The number of sulfonamides is 1. The van der Waals surface area contributed by atoms with Crippen molar-refractivity contribution in [3.05, 3.63) is 65.0 Å². The van der Waals surface area contributed by atoms with Crippen molar-refractivity contribution in [3.63, 3.8) is 0 Å². The van der Waals surface area contributed by atoms with Crippen molar-refractivity contribution in [2.24, 2.45) is 0 Å². The highest BCUT2D eigenvalue weighted by atomic mass is 32.2. The fourth-order valence-electron chi connectivity index (χ4n) is 3.43. The lowest BCUT2D eigenvalue weighted by atomic mass is 10.1. The zero-order valence-electron chi connectivity index (χ0n) is 14.4. The minimum absolute atomic E-state index is 0.0717. The van der Waals surface area contributed by atoms with Crippen LogP contribution in [0.15, 0.2) is 42.5 Å². The predicted molar refractivity (Wildman–Crippen MR) is 97.7 cm³/mol. The average Bonchev–Trinajstić information content (AvgIpc) is 2.87. The summed E-state index contributed by atoms with van der Waals surface area (Å²) in [5.74, 6) is -0.496. The molecule has 138 valence electrons. The molecule has 5 nitrogen and oxygen atoms in total. The van der Waals surface area contributed by atoms with E-state index in [1.807, 2.05) is 24.3 Å². The number of halogens is 1. The van der Waals surface area contributed by atoms with Gasteiger partial charge in [0.15, 0.2) is 0 Å².